The lowest BCUT2D eigenvalue weighted by Gasteiger charge is -2.12. The number of hydrogen-bond donors (Lipinski definition) is 2. The Morgan fingerprint density at radius 2 is 2.22 bits per heavy atom. The molecule has 0 saturated carbocycles. The van der Waals surface area contributed by atoms with Crippen LogP contribution in [0, 0.1) is 0 Å². The highest BCUT2D eigenvalue weighted by Gasteiger charge is 2.03. The predicted octanol–water partition coefficient (Wildman–Crippen LogP) is 1.36. The molecule has 0 fully saturated rings. The van der Waals surface area contributed by atoms with Gasteiger partial charge in [-0.1, -0.05) is 0 Å². The van der Waals surface area contributed by atoms with Crippen molar-refractivity contribution >= 4 is 23.1 Å². The predicted molar refractivity (Wildman–Crippen MR) is 73.6 cm³/mol. The smallest absolute Gasteiger partial charge is 0.172 e. The molecule has 2 rings (SSSR count). The fraction of sp³-hybridized carbons (Fsp3) is 0.273. The number of anilines is 1. The SMILES string of the molecule is CC(C)NC(=S)Nc1cc(-n2cccn2)ncn1. The Kier molecular flexibility index (Phi) is 3.83. The van der Waals surface area contributed by atoms with E-state index in [0.717, 1.165) is 0 Å². The summed E-state index contributed by atoms with van der Waals surface area (Å²) in [4.78, 5) is 8.24. The van der Waals surface area contributed by atoms with Gasteiger partial charge in [0.25, 0.3) is 0 Å². The first-order valence-corrected chi connectivity index (χ1v) is 5.95. The van der Waals surface area contributed by atoms with Crippen LogP contribution < -0.4 is 10.6 Å². The Balaban J connectivity index is 2.11. The van der Waals surface area contributed by atoms with E-state index in [4.69, 9.17) is 12.2 Å². The highest BCUT2D eigenvalue weighted by Crippen LogP contribution is 2.07. The van der Waals surface area contributed by atoms with Crippen LogP contribution in [-0.2, 0) is 0 Å². The normalized spacial score (nSPS) is 10.4. The van der Waals surface area contributed by atoms with Crippen molar-refractivity contribution in [2.45, 2.75) is 19.9 Å². The molecule has 0 unspecified atom stereocenters. The molecule has 18 heavy (non-hydrogen) atoms. The summed E-state index contributed by atoms with van der Waals surface area (Å²) in [7, 11) is 0. The highest BCUT2D eigenvalue weighted by atomic mass is 32.1. The average Bonchev–Trinajstić information content (AvgIpc) is 2.81. The molecular weight excluding hydrogens is 248 g/mol. The molecule has 0 aromatic carbocycles. The molecule has 0 aliphatic rings. The molecule has 2 aromatic heterocycles. The second kappa shape index (κ2) is 5.54. The van der Waals surface area contributed by atoms with E-state index in [9.17, 15) is 0 Å². The van der Waals surface area contributed by atoms with Gasteiger partial charge in [0, 0.05) is 24.5 Å². The fourth-order valence-electron chi connectivity index (χ4n) is 1.36. The van der Waals surface area contributed by atoms with Crippen molar-refractivity contribution in [3.8, 4) is 5.82 Å². The number of aromatic nitrogens is 4. The first-order valence-electron chi connectivity index (χ1n) is 5.55. The Morgan fingerprint density at radius 1 is 1.39 bits per heavy atom. The van der Waals surface area contributed by atoms with Crippen molar-refractivity contribution in [3.63, 3.8) is 0 Å². The second-order valence-corrected chi connectivity index (χ2v) is 4.37. The van der Waals surface area contributed by atoms with Crippen molar-refractivity contribution in [2.75, 3.05) is 5.32 Å². The van der Waals surface area contributed by atoms with Gasteiger partial charge in [0.15, 0.2) is 10.9 Å². The van der Waals surface area contributed by atoms with Crippen molar-refractivity contribution in [1.82, 2.24) is 25.1 Å². The van der Waals surface area contributed by atoms with E-state index >= 15 is 0 Å². The van der Waals surface area contributed by atoms with E-state index < -0.39 is 0 Å². The zero-order chi connectivity index (χ0) is 13.0. The van der Waals surface area contributed by atoms with Gasteiger partial charge < -0.3 is 10.6 Å². The standard InChI is InChI=1S/C11H14N6S/c1-8(2)15-11(18)16-9-6-10(13-7-12-9)17-5-3-4-14-17/h3-8H,1-2H3,(H2,12,13,15,16,18). The van der Waals surface area contributed by atoms with E-state index in [-0.39, 0.29) is 6.04 Å². The molecule has 0 aliphatic heterocycles. The van der Waals surface area contributed by atoms with Crippen LogP contribution in [0.2, 0.25) is 0 Å². The van der Waals surface area contributed by atoms with Gasteiger partial charge in [-0.05, 0) is 32.1 Å². The van der Waals surface area contributed by atoms with Gasteiger partial charge >= 0.3 is 0 Å². The van der Waals surface area contributed by atoms with Crippen LogP contribution in [0.1, 0.15) is 13.8 Å². The van der Waals surface area contributed by atoms with Gasteiger partial charge in [-0.15, -0.1) is 0 Å². The fourth-order valence-corrected chi connectivity index (χ4v) is 1.70. The van der Waals surface area contributed by atoms with Crippen molar-refractivity contribution in [3.05, 3.63) is 30.9 Å². The summed E-state index contributed by atoms with van der Waals surface area (Å²) in [5.74, 6) is 1.32. The topological polar surface area (TPSA) is 67.7 Å². The number of nitrogens with one attached hydrogen (secondary N) is 2. The lowest BCUT2D eigenvalue weighted by molar-refractivity contribution is 0.739. The largest absolute Gasteiger partial charge is 0.360 e. The van der Waals surface area contributed by atoms with Gasteiger partial charge in [0.05, 0.1) is 0 Å². The molecule has 6 nitrogen and oxygen atoms in total. The minimum atomic E-state index is 0.275. The summed E-state index contributed by atoms with van der Waals surface area (Å²) >= 11 is 5.15. The zero-order valence-electron chi connectivity index (χ0n) is 10.2. The van der Waals surface area contributed by atoms with E-state index in [0.29, 0.717) is 16.7 Å². The first kappa shape index (κ1) is 12.4. The first-order chi connectivity index (χ1) is 8.65. The summed E-state index contributed by atoms with van der Waals surface area (Å²) in [5, 5.41) is 10.7. The summed E-state index contributed by atoms with van der Waals surface area (Å²) < 4.78 is 1.66. The number of hydrogen-bond acceptors (Lipinski definition) is 4. The van der Waals surface area contributed by atoms with Gasteiger partial charge in [-0.3, -0.25) is 0 Å². The van der Waals surface area contributed by atoms with Crippen LogP contribution in [0.3, 0.4) is 0 Å². The second-order valence-electron chi connectivity index (χ2n) is 3.97. The van der Waals surface area contributed by atoms with E-state index in [1.54, 1.807) is 16.9 Å². The third-order valence-corrected chi connectivity index (χ3v) is 2.27. The quantitative estimate of drug-likeness (QED) is 0.814. The van der Waals surface area contributed by atoms with Crippen LogP contribution in [-0.4, -0.2) is 30.9 Å². The Hall–Kier alpha value is -2.02. The van der Waals surface area contributed by atoms with Crippen LogP contribution in [0.5, 0.6) is 0 Å². The highest BCUT2D eigenvalue weighted by molar-refractivity contribution is 7.80. The maximum atomic E-state index is 5.15. The van der Waals surface area contributed by atoms with E-state index in [1.165, 1.54) is 6.33 Å². The molecular formula is C11H14N6S. The lowest BCUT2D eigenvalue weighted by atomic mass is 10.4. The molecule has 0 atom stereocenters. The van der Waals surface area contributed by atoms with Crippen molar-refractivity contribution in [1.29, 1.82) is 0 Å². The van der Waals surface area contributed by atoms with Crippen molar-refractivity contribution < 1.29 is 0 Å². The molecule has 2 heterocycles. The van der Waals surface area contributed by atoms with Gasteiger partial charge in [0.2, 0.25) is 0 Å². The molecule has 2 N–H and O–H groups in total. The summed E-state index contributed by atoms with van der Waals surface area (Å²) in [5.41, 5.74) is 0. The maximum absolute atomic E-state index is 5.15. The number of nitrogens with zero attached hydrogens (tertiary/aromatic N) is 4. The average molecular weight is 262 g/mol. The van der Waals surface area contributed by atoms with Crippen LogP contribution in [0.15, 0.2) is 30.9 Å². The molecule has 0 amide bonds. The Bertz CT molecular complexity index is 522. The van der Waals surface area contributed by atoms with Gasteiger partial charge in [-0.25, -0.2) is 14.6 Å². The van der Waals surface area contributed by atoms with Gasteiger partial charge in [-0.2, -0.15) is 5.10 Å². The third kappa shape index (κ3) is 3.24. The van der Waals surface area contributed by atoms with Crippen LogP contribution >= 0.6 is 12.2 Å². The van der Waals surface area contributed by atoms with E-state index in [2.05, 4.69) is 25.7 Å². The molecule has 0 aliphatic carbocycles. The minimum Gasteiger partial charge on any atom is -0.360 e. The van der Waals surface area contributed by atoms with Crippen LogP contribution in [0.4, 0.5) is 5.82 Å². The Morgan fingerprint density at radius 3 is 2.89 bits per heavy atom. The third-order valence-electron chi connectivity index (χ3n) is 2.05. The monoisotopic (exact) mass is 262 g/mol. The molecule has 0 saturated heterocycles. The van der Waals surface area contributed by atoms with Crippen molar-refractivity contribution in [2.24, 2.45) is 0 Å². The maximum Gasteiger partial charge on any atom is 0.172 e. The summed E-state index contributed by atoms with van der Waals surface area (Å²) in [6.07, 6.45) is 4.98. The van der Waals surface area contributed by atoms with Gasteiger partial charge in [0.1, 0.15) is 12.1 Å². The molecule has 0 bridgehead atoms. The molecule has 2 aromatic rings. The molecule has 0 spiro atoms. The van der Waals surface area contributed by atoms with E-state index in [1.807, 2.05) is 26.1 Å². The zero-order valence-corrected chi connectivity index (χ0v) is 11.0. The minimum absolute atomic E-state index is 0.275. The van der Waals surface area contributed by atoms with Crippen LogP contribution in [0.25, 0.3) is 5.82 Å². The summed E-state index contributed by atoms with van der Waals surface area (Å²) in [6, 6.07) is 3.89. The number of thiocarbonyl (C=S) groups is 1. The lowest BCUT2D eigenvalue weighted by Crippen LogP contribution is -2.34. The molecule has 94 valence electrons. The Labute approximate surface area is 110 Å². The molecule has 7 heteroatoms. The number of rotatable bonds is 3. The summed E-state index contributed by atoms with van der Waals surface area (Å²) in [6.45, 7) is 4.03. The molecule has 0 radical (unpaired) electrons.